The fraction of sp³-hybridized carbons (Fsp3) is 0.167. The zero-order valence-electron chi connectivity index (χ0n) is 14.6. The molecule has 9 heteroatoms. The van der Waals surface area contributed by atoms with Crippen molar-refractivity contribution in [1.29, 1.82) is 0 Å². The molecule has 0 aliphatic heterocycles. The molecule has 0 aliphatic rings. The van der Waals surface area contributed by atoms with Crippen LogP contribution in [0.2, 0.25) is 0 Å². The van der Waals surface area contributed by atoms with Crippen molar-refractivity contribution in [3.63, 3.8) is 0 Å². The van der Waals surface area contributed by atoms with Gasteiger partial charge in [0.15, 0.2) is 4.34 Å². The molecule has 0 fully saturated rings. The van der Waals surface area contributed by atoms with E-state index < -0.39 is 0 Å². The van der Waals surface area contributed by atoms with E-state index in [-0.39, 0.29) is 11.2 Å². The molecular formula is C18H17BrN4O2S2. The summed E-state index contributed by atoms with van der Waals surface area (Å²) < 4.78 is 6.87. The molecule has 140 valence electrons. The van der Waals surface area contributed by atoms with E-state index >= 15 is 0 Å². The fourth-order valence-electron chi connectivity index (χ4n) is 2.15. The molecule has 0 aliphatic carbocycles. The van der Waals surface area contributed by atoms with E-state index in [1.165, 1.54) is 23.1 Å². The molecule has 1 heterocycles. The highest BCUT2D eigenvalue weighted by Gasteiger charge is 2.17. The van der Waals surface area contributed by atoms with Crippen molar-refractivity contribution in [1.82, 2.24) is 10.2 Å². The van der Waals surface area contributed by atoms with Crippen LogP contribution < -0.4 is 15.4 Å². The number of halogens is 1. The summed E-state index contributed by atoms with van der Waals surface area (Å²) in [7, 11) is 1.59. The second-order valence-corrected chi connectivity index (χ2v) is 8.97. The van der Waals surface area contributed by atoms with Crippen LogP contribution >= 0.6 is 39.0 Å². The highest BCUT2D eigenvalue weighted by molar-refractivity contribution is 9.10. The number of hydrogen-bond acceptors (Lipinski definition) is 7. The lowest BCUT2D eigenvalue weighted by Gasteiger charge is -2.11. The normalized spacial score (nSPS) is 11.7. The van der Waals surface area contributed by atoms with E-state index in [0.29, 0.717) is 16.6 Å². The molecule has 0 bridgehead atoms. The first-order valence-electron chi connectivity index (χ1n) is 8.01. The van der Waals surface area contributed by atoms with Gasteiger partial charge in [0.25, 0.3) is 0 Å². The van der Waals surface area contributed by atoms with Gasteiger partial charge >= 0.3 is 0 Å². The average molecular weight is 465 g/mol. The third-order valence-corrected chi connectivity index (χ3v) is 5.98. The first kappa shape index (κ1) is 19.7. The Bertz CT molecular complexity index is 935. The first-order chi connectivity index (χ1) is 13.0. The van der Waals surface area contributed by atoms with Crippen molar-refractivity contribution in [3.8, 4) is 5.75 Å². The van der Waals surface area contributed by atoms with Gasteiger partial charge < -0.3 is 15.4 Å². The van der Waals surface area contributed by atoms with Crippen LogP contribution in [0.5, 0.6) is 5.75 Å². The van der Waals surface area contributed by atoms with E-state index in [9.17, 15) is 4.79 Å². The first-order valence-corrected chi connectivity index (χ1v) is 10.5. The van der Waals surface area contributed by atoms with Gasteiger partial charge in [0.05, 0.1) is 12.4 Å². The lowest BCUT2D eigenvalue weighted by atomic mass is 10.3. The maximum absolute atomic E-state index is 12.4. The predicted molar refractivity (Wildman–Crippen MR) is 114 cm³/mol. The van der Waals surface area contributed by atoms with Crippen LogP contribution in [0.1, 0.15) is 6.92 Å². The van der Waals surface area contributed by atoms with Gasteiger partial charge in [-0.2, -0.15) is 0 Å². The van der Waals surface area contributed by atoms with E-state index in [4.69, 9.17) is 4.74 Å². The molecule has 0 radical (unpaired) electrons. The quantitative estimate of drug-likeness (QED) is 0.469. The Labute approximate surface area is 173 Å². The van der Waals surface area contributed by atoms with Crippen molar-refractivity contribution in [3.05, 3.63) is 53.0 Å². The number of thioether (sulfide) groups is 1. The Hall–Kier alpha value is -2.10. The van der Waals surface area contributed by atoms with Crippen LogP contribution in [0.3, 0.4) is 0 Å². The second kappa shape index (κ2) is 9.20. The average Bonchev–Trinajstić information content (AvgIpc) is 3.08. The molecule has 27 heavy (non-hydrogen) atoms. The molecule has 1 unspecified atom stereocenters. The minimum Gasteiger partial charge on any atom is -0.497 e. The third kappa shape index (κ3) is 5.69. The van der Waals surface area contributed by atoms with E-state index in [0.717, 1.165) is 14.5 Å². The highest BCUT2D eigenvalue weighted by atomic mass is 79.9. The molecule has 3 aromatic rings. The van der Waals surface area contributed by atoms with E-state index in [2.05, 4.69) is 36.8 Å². The SMILES string of the molecule is COc1cccc(NC(=O)C(C)Sc2nnc(Nc3cccc(Br)c3)s2)c1. The minimum atomic E-state index is -0.317. The Kier molecular flexibility index (Phi) is 6.70. The largest absolute Gasteiger partial charge is 0.497 e. The highest BCUT2D eigenvalue weighted by Crippen LogP contribution is 2.31. The summed E-state index contributed by atoms with van der Waals surface area (Å²) in [6.07, 6.45) is 0. The number of aromatic nitrogens is 2. The van der Waals surface area contributed by atoms with Gasteiger partial charge in [-0.3, -0.25) is 4.79 Å². The van der Waals surface area contributed by atoms with E-state index in [1.54, 1.807) is 13.2 Å². The number of nitrogens with one attached hydrogen (secondary N) is 2. The zero-order valence-corrected chi connectivity index (χ0v) is 17.8. The monoisotopic (exact) mass is 464 g/mol. The Balaban J connectivity index is 1.58. The molecule has 0 saturated carbocycles. The van der Waals surface area contributed by atoms with Gasteiger partial charge in [-0.15, -0.1) is 10.2 Å². The summed E-state index contributed by atoms with van der Waals surface area (Å²) in [6.45, 7) is 1.84. The Morgan fingerprint density at radius 2 is 1.96 bits per heavy atom. The van der Waals surface area contributed by atoms with Crippen molar-refractivity contribution in [2.24, 2.45) is 0 Å². The van der Waals surface area contributed by atoms with Crippen molar-refractivity contribution >= 4 is 61.4 Å². The van der Waals surface area contributed by atoms with Crippen LogP contribution in [-0.4, -0.2) is 28.5 Å². The summed E-state index contributed by atoms with van der Waals surface area (Å²) in [4.78, 5) is 12.4. The Morgan fingerprint density at radius 3 is 2.74 bits per heavy atom. The Morgan fingerprint density at radius 1 is 1.19 bits per heavy atom. The fourth-order valence-corrected chi connectivity index (χ4v) is 4.46. The number of carbonyl (C=O) groups is 1. The molecule has 1 amide bonds. The van der Waals surface area contributed by atoms with Crippen molar-refractivity contribution in [2.45, 2.75) is 16.5 Å². The number of anilines is 3. The lowest BCUT2D eigenvalue weighted by Crippen LogP contribution is -2.22. The predicted octanol–water partition coefficient (Wildman–Crippen LogP) is 5.17. The molecule has 2 aromatic carbocycles. The second-order valence-electron chi connectivity index (χ2n) is 5.49. The van der Waals surface area contributed by atoms with Crippen molar-refractivity contribution < 1.29 is 9.53 Å². The van der Waals surface area contributed by atoms with Crippen LogP contribution in [0.4, 0.5) is 16.5 Å². The van der Waals surface area contributed by atoms with Crippen LogP contribution in [-0.2, 0) is 4.79 Å². The summed E-state index contributed by atoms with van der Waals surface area (Å²) >= 11 is 6.21. The standard InChI is InChI=1S/C18H17BrN4O2S2/c1-11(16(24)20-14-7-4-8-15(10-14)25-2)26-18-23-22-17(27-18)21-13-6-3-5-12(19)9-13/h3-11H,1-2H3,(H,20,24)(H,21,22). The minimum absolute atomic E-state index is 0.107. The number of benzene rings is 2. The maximum Gasteiger partial charge on any atom is 0.237 e. The van der Waals surface area contributed by atoms with Gasteiger partial charge in [0.1, 0.15) is 5.75 Å². The zero-order chi connectivity index (χ0) is 19.2. The van der Waals surface area contributed by atoms with Crippen LogP contribution in [0.15, 0.2) is 57.3 Å². The number of hydrogen-bond donors (Lipinski definition) is 2. The van der Waals surface area contributed by atoms with Gasteiger partial charge in [-0.05, 0) is 37.3 Å². The molecule has 1 atom stereocenters. The molecule has 2 N–H and O–H groups in total. The maximum atomic E-state index is 12.4. The van der Waals surface area contributed by atoms with Gasteiger partial charge in [-0.25, -0.2) is 0 Å². The number of nitrogens with zero attached hydrogens (tertiary/aromatic N) is 2. The van der Waals surface area contributed by atoms with Crippen LogP contribution in [0.25, 0.3) is 0 Å². The van der Waals surface area contributed by atoms with Gasteiger partial charge in [0, 0.05) is 21.9 Å². The number of amides is 1. The molecule has 0 spiro atoms. The molecular weight excluding hydrogens is 448 g/mol. The smallest absolute Gasteiger partial charge is 0.237 e. The summed E-state index contributed by atoms with van der Waals surface area (Å²) in [5, 5.41) is 14.7. The van der Waals surface area contributed by atoms with Crippen molar-refractivity contribution in [2.75, 3.05) is 17.7 Å². The van der Waals surface area contributed by atoms with Gasteiger partial charge in [0.2, 0.25) is 11.0 Å². The number of ether oxygens (including phenoxy) is 1. The third-order valence-electron chi connectivity index (χ3n) is 3.47. The summed E-state index contributed by atoms with van der Waals surface area (Å²) in [5.41, 5.74) is 1.61. The van der Waals surface area contributed by atoms with Crippen LogP contribution in [0, 0.1) is 0 Å². The molecule has 1 aromatic heterocycles. The molecule has 0 saturated heterocycles. The molecule has 6 nitrogen and oxygen atoms in total. The number of carbonyl (C=O) groups excluding carboxylic acids is 1. The summed E-state index contributed by atoms with van der Waals surface area (Å²) in [6, 6.07) is 15.1. The number of methoxy groups -OCH3 is 1. The number of rotatable bonds is 7. The summed E-state index contributed by atoms with van der Waals surface area (Å²) in [5.74, 6) is 0.588. The van der Waals surface area contributed by atoms with E-state index in [1.807, 2.05) is 49.4 Å². The lowest BCUT2D eigenvalue weighted by molar-refractivity contribution is -0.115. The molecule has 3 rings (SSSR count). The van der Waals surface area contributed by atoms with Gasteiger partial charge in [-0.1, -0.05) is 51.2 Å². The topological polar surface area (TPSA) is 76.1 Å².